The van der Waals surface area contributed by atoms with Crippen molar-refractivity contribution in [1.82, 2.24) is 9.97 Å². The molecule has 3 rings (SSSR count). The van der Waals surface area contributed by atoms with Gasteiger partial charge in [-0.15, -0.1) is 0 Å². The zero-order valence-electron chi connectivity index (χ0n) is 12.6. The van der Waals surface area contributed by atoms with E-state index in [2.05, 4.69) is 9.97 Å². The molecule has 2 aromatic rings. The Bertz CT molecular complexity index is 941. The smallest absolute Gasteiger partial charge is 0.290 e. The van der Waals surface area contributed by atoms with E-state index >= 15 is 0 Å². The van der Waals surface area contributed by atoms with Gasteiger partial charge in [0.1, 0.15) is 5.69 Å². The van der Waals surface area contributed by atoms with E-state index in [9.17, 15) is 22.0 Å². The molecule has 0 bridgehead atoms. The fraction of sp³-hybridized carbons (Fsp3) is 0.267. The highest BCUT2D eigenvalue weighted by Crippen LogP contribution is 2.43. The molecule has 1 aliphatic rings. The molecule has 24 heavy (non-hydrogen) atoms. The minimum absolute atomic E-state index is 0.0410. The molecule has 0 fully saturated rings. The number of aromatic nitrogens is 2. The van der Waals surface area contributed by atoms with Crippen LogP contribution < -0.4 is 5.73 Å². The van der Waals surface area contributed by atoms with Crippen LogP contribution in [0.3, 0.4) is 0 Å². The molecule has 0 atom stereocenters. The number of carbonyl (C=O) groups is 1. The summed E-state index contributed by atoms with van der Waals surface area (Å²) in [5.41, 5.74) is 5.64. The number of alkyl halides is 2. The third-order valence-electron chi connectivity index (χ3n) is 3.80. The maximum atomic E-state index is 14.0. The molecule has 1 amide bonds. The summed E-state index contributed by atoms with van der Waals surface area (Å²) >= 11 is 0. The number of sulfone groups is 1. The van der Waals surface area contributed by atoms with Gasteiger partial charge in [0, 0.05) is 29.4 Å². The molecular weight excluding hydrogens is 340 g/mol. The second-order valence-electron chi connectivity index (χ2n) is 5.60. The lowest BCUT2D eigenvalue weighted by atomic mass is 10.0. The summed E-state index contributed by atoms with van der Waals surface area (Å²) < 4.78 is 51.5. The zero-order valence-corrected chi connectivity index (χ0v) is 13.4. The van der Waals surface area contributed by atoms with E-state index in [0.29, 0.717) is 5.56 Å². The molecule has 0 radical (unpaired) electrons. The van der Waals surface area contributed by atoms with E-state index in [1.165, 1.54) is 24.3 Å². The second kappa shape index (κ2) is 5.30. The van der Waals surface area contributed by atoms with Crippen molar-refractivity contribution in [2.24, 2.45) is 5.73 Å². The Morgan fingerprint density at radius 1 is 1.21 bits per heavy atom. The van der Waals surface area contributed by atoms with Crippen LogP contribution in [0.25, 0.3) is 11.3 Å². The number of hydrogen-bond donors (Lipinski definition) is 1. The highest BCUT2D eigenvalue weighted by Gasteiger charge is 2.43. The van der Waals surface area contributed by atoms with E-state index in [-0.39, 0.29) is 23.2 Å². The van der Waals surface area contributed by atoms with Gasteiger partial charge in [-0.2, -0.15) is 8.78 Å². The molecule has 0 saturated carbocycles. The van der Waals surface area contributed by atoms with Crippen molar-refractivity contribution in [2.75, 3.05) is 6.26 Å². The van der Waals surface area contributed by atoms with Crippen LogP contribution >= 0.6 is 0 Å². The van der Waals surface area contributed by atoms with Gasteiger partial charge in [0.15, 0.2) is 0 Å². The summed E-state index contributed by atoms with van der Waals surface area (Å²) in [6.45, 7) is 0. The molecule has 1 heterocycles. The van der Waals surface area contributed by atoms with Crippen LogP contribution in [-0.2, 0) is 22.2 Å². The predicted octanol–water partition coefficient (Wildman–Crippen LogP) is 1.68. The number of amides is 1. The fourth-order valence-corrected chi connectivity index (χ4v) is 3.11. The highest BCUT2D eigenvalue weighted by atomic mass is 32.2. The second-order valence-corrected chi connectivity index (χ2v) is 7.51. The molecule has 126 valence electrons. The Kier molecular flexibility index (Phi) is 3.63. The van der Waals surface area contributed by atoms with Gasteiger partial charge in [-0.1, -0.05) is 12.1 Å². The van der Waals surface area contributed by atoms with Crippen molar-refractivity contribution >= 4 is 15.7 Å². The maximum absolute atomic E-state index is 14.0. The molecule has 0 unspecified atom stereocenters. The quantitative estimate of drug-likeness (QED) is 0.846. The van der Waals surface area contributed by atoms with Gasteiger partial charge in [-0.25, -0.2) is 18.4 Å². The largest absolute Gasteiger partial charge is 0.366 e. The Balaban J connectivity index is 2.24. The summed E-state index contributed by atoms with van der Waals surface area (Å²) in [7, 11) is -3.86. The average Bonchev–Trinajstić information content (AvgIpc) is 2.81. The first kappa shape index (κ1) is 16.4. The van der Waals surface area contributed by atoms with Gasteiger partial charge in [-0.3, -0.25) is 4.79 Å². The summed E-state index contributed by atoms with van der Waals surface area (Å²) in [6.07, 6.45) is 0.456. The van der Waals surface area contributed by atoms with Crippen molar-refractivity contribution in [3.05, 3.63) is 41.1 Å². The molecule has 9 heteroatoms. The van der Waals surface area contributed by atoms with E-state index in [1.807, 2.05) is 0 Å². The standard InChI is InChI=1S/C15H13F2N3O3S/c1-24(22,23)14-19-11(8-2-4-9(5-3-8)13(18)21)10-6-7-15(16,17)12(10)20-14/h2-5H,6-7H2,1H3,(H2,18,21). The minimum Gasteiger partial charge on any atom is -0.366 e. The Morgan fingerprint density at radius 2 is 1.83 bits per heavy atom. The Hall–Kier alpha value is -2.42. The fourth-order valence-electron chi connectivity index (χ4n) is 2.60. The van der Waals surface area contributed by atoms with E-state index in [1.54, 1.807) is 0 Å². The Morgan fingerprint density at radius 3 is 2.38 bits per heavy atom. The minimum atomic E-state index is -3.86. The summed E-state index contributed by atoms with van der Waals surface area (Å²) in [4.78, 5) is 18.7. The number of fused-ring (bicyclic) bond motifs is 1. The van der Waals surface area contributed by atoms with Crippen molar-refractivity contribution < 1.29 is 22.0 Å². The number of hydrogen-bond acceptors (Lipinski definition) is 5. The molecule has 6 nitrogen and oxygen atoms in total. The highest BCUT2D eigenvalue weighted by molar-refractivity contribution is 7.90. The number of benzene rings is 1. The van der Waals surface area contributed by atoms with Crippen molar-refractivity contribution in [1.29, 1.82) is 0 Å². The van der Waals surface area contributed by atoms with Crippen LogP contribution in [0.5, 0.6) is 0 Å². The first-order valence-corrected chi connectivity index (χ1v) is 8.88. The third kappa shape index (κ3) is 2.75. The number of nitrogens with two attached hydrogens (primary N) is 1. The van der Waals surface area contributed by atoms with Crippen LogP contribution in [-0.4, -0.2) is 30.5 Å². The molecule has 1 aromatic carbocycles. The SMILES string of the molecule is CS(=O)(=O)c1nc(-c2ccc(C(N)=O)cc2)c2c(n1)C(F)(F)CC2. The molecule has 0 spiro atoms. The van der Waals surface area contributed by atoms with Gasteiger partial charge in [0.05, 0.1) is 5.69 Å². The van der Waals surface area contributed by atoms with E-state index in [4.69, 9.17) is 5.73 Å². The van der Waals surface area contributed by atoms with Crippen LogP contribution in [0.2, 0.25) is 0 Å². The van der Waals surface area contributed by atoms with E-state index in [0.717, 1.165) is 6.26 Å². The van der Waals surface area contributed by atoms with Crippen LogP contribution in [0.15, 0.2) is 29.4 Å². The maximum Gasteiger partial charge on any atom is 0.290 e. The average molecular weight is 353 g/mol. The van der Waals surface area contributed by atoms with Crippen LogP contribution in [0, 0.1) is 0 Å². The normalized spacial score (nSPS) is 16.0. The first-order valence-electron chi connectivity index (χ1n) is 6.99. The first-order chi connectivity index (χ1) is 11.1. The van der Waals surface area contributed by atoms with Crippen molar-refractivity contribution in [2.45, 2.75) is 23.9 Å². The predicted molar refractivity (Wildman–Crippen MR) is 81.3 cm³/mol. The molecule has 2 N–H and O–H groups in total. The summed E-state index contributed by atoms with van der Waals surface area (Å²) in [5, 5.41) is -0.642. The van der Waals surface area contributed by atoms with Crippen LogP contribution in [0.1, 0.15) is 28.0 Å². The zero-order chi connectivity index (χ0) is 17.7. The number of halogens is 2. The van der Waals surface area contributed by atoms with Crippen molar-refractivity contribution in [3.63, 3.8) is 0 Å². The molecule has 0 saturated heterocycles. The van der Waals surface area contributed by atoms with Gasteiger partial charge < -0.3 is 5.73 Å². The molecule has 0 aliphatic heterocycles. The lowest BCUT2D eigenvalue weighted by molar-refractivity contribution is -0.00653. The summed E-state index contributed by atoms with van der Waals surface area (Å²) in [6, 6.07) is 5.84. The topological polar surface area (TPSA) is 103 Å². The summed E-state index contributed by atoms with van der Waals surface area (Å²) in [5.74, 6) is -3.82. The van der Waals surface area contributed by atoms with E-state index < -0.39 is 38.9 Å². The Labute approximate surface area is 136 Å². The van der Waals surface area contributed by atoms with Crippen molar-refractivity contribution in [3.8, 4) is 11.3 Å². The molecular formula is C15H13F2N3O3S. The monoisotopic (exact) mass is 353 g/mol. The van der Waals surface area contributed by atoms with Gasteiger partial charge in [-0.05, 0) is 18.6 Å². The third-order valence-corrected chi connectivity index (χ3v) is 4.64. The van der Waals surface area contributed by atoms with Gasteiger partial charge in [0.25, 0.3) is 5.92 Å². The molecule has 1 aromatic heterocycles. The van der Waals surface area contributed by atoms with Gasteiger partial charge in [0.2, 0.25) is 20.9 Å². The number of carbonyl (C=O) groups excluding carboxylic acids is 1. The molecule has 1 aliphatic carbocycles. The number of rotatable bonds is 3. The number of nitrogens with zero attached hydrogens (tertiary/aromatic N) is 2. The van der Waals surface area contributed by atoms with Crippen LogP contribution in [0.4, 0.5) is 8.78 Å². The lowest BCUT2D eigenvalue weighted by Crippen LogP contribution is -2.15. The lowest BCUT2D eigenvalue weighted by Gasteiger charge is -2.12. The number of primary amides is 1. The van der Waals surface area contributed by atoms with Gasteiger partial charge >= 0.3 is 0 Å².